The third-order valence-electron chi connectivity index (χ3n) is 4.69. The molecule has 1 aliphatic rings. The fourth-order valence-corrected chi connectivity index (χ4v) is 6.01. The van der Waals surface area contributed by atoms with Crippen molar-refractivity contribution in [2.24, 2.45) is 5.92 Å². The summed E-state index contributed by atoms with van der Waals surface area (Å²) in [4.78, 5) is 11.9. The molecule has 0 aliphatic carbocycles. The summed E-state index contributed by atoms with van der Waals surface area (Å²) in [6.07, 6.45) is 10.0. The summed E-state index contributed by atoms with van der Waals surface area (Å²) in [6.45, 7) is 8.29. The zero-order valence-electron chi connectivity index (χ0n) is 15.9. The molecular formula is C18H37NO3SSi. The molecular weight excluding hydrogens is 338 g/mol. The Kier molecular flexibility index (Phi) is 12.3. The molecule has 0 aromatic heterocycles. The van der Waals surface area contributed by atoms with Crippen LogP contribution in [-0.2, 0) is 13.7 Å². The minimum absolute atomic E-state index is 0.349. The molecule has 1 fully saturated rings. The van der Waals surface area contributed by atoms with Gasteiger partial charge in [-0.2, -0.15) is 0 Å². The lowest BCUT2D eigenvalue weighted by atomic mass is 10.0. The number of hydroxylamine groups is 1. The van der Waals surface area contributed by atoms with Crippen molar-refractivity contribution in [3.8, 4) is 0 Å². The maximum absolute atomic E-state index is 11.9. The van der Waals surface area contributed by atoms with E-state index >= 15 is 0 Å². The van der Waals surface area contributed by atoms with Gasteiger partial charge in [0, 0.05) is 25.3 Å². The molecule has 0 bridgehead atoms. The van der Waals surface area contributed by atoms with Crippen LogP contribution in [0.5, 0.6) is 0 Å². The third-order valence-corrected chi connectivity index (χ3v) is 8.37. The van der Waals surface area contributed by atoms with Gasteiger partial charge in [-0.25, -0.2) is 5.48 Å². The van der Waals surface area contributed by atoms with Crippen molar-refractivity contribution in [3.63, 3.8) is 0 Å². The average molecular weight is 376 g/mol. The fraction of sp³-hybridized carbons (Fsp3) is 0.944. The highest BCUT2D eigenvalue weighted by Gasteiger charge is 2.33. The van der Waals surface area contributed by atoms with Gasteiger partial charge in [0.05, 0.1) is 0 Å². The van der Waals surface area contributed by atoms with E-state index in [4.69, 9.17) is 8.95 Å². The molecule has 142 valence electrons. The number of nitrogens with one attached hydrogen (secondary N) is 1. The number of rotatable bonds is 11. The summed E-state index contributed by atoms with van der Waals surface area (Å²) in [5.41, 5.74) is 3.14. The number of carbonyl (C=O) groups excluding carboxylic acids is 1. The van der Waals surface area contributed by atoms with Gasteiger partial charge in [-0.3, -0.25) is 4.79 Å². The zero-order chi connectivity index (χ0) is 17.7. The molecule has 0 radical (unpaired) electrons. The Morgan fingerprint density at radius 1 is 1.21 bits per heavy atom. The van der Waals surface area contributed by atoms with Crippen LogP contribution in [0.25, 0.3) is 0 Å². The van der Waals surface area contributed by atoms with E-state index in [9.17, 15) is 4.79 Å². The van der Waals surface area contributed by atoms with Gasteiger partial charge >= 0.3 is 8.56 Å². The lowest BCUT2D eigenvalue weighted by molar-refractivity contribution is -0.111. The minimum atomic E-state index is -2.11. The first-order valence-electron chi connectivity index (χ1n) is 9.80. The van der Waals surface area contributed by atoms with Gasteiger partial charge in [0.25, 0.3) is 0 Å². The predicted molar refractivity (Wildman–Crippen MR) is 105 cm³/mol. The molecule has 1 aliphatic heterocycles. The summed E-state index contributed by atoms with van der Waals surface area (Å²) in [5.74, 6) is 1.54. The SMILES string of the molecule is CCCCCCCC(=O)SCCC[Si]1(C)OCCC(CC)CNO1. The normalized spacial score (nSPS) is 25.2. The smallest absolute Gasteiger partial charge is 0.355 e. The first kappa shape index (κ1) is 22.2. The quantitative estimate of drug-likeness (QED) is 0.405. The van der Waals surface area contributed by atoms with E-state index in [1.807, 2.05) is 0 Å². The third kappa shape index (κ3) is 10.2. The molecule has 24 heavy (non-hydrogen) atoms. The van der Waals surface area contributed by atoms with Gasteiger partial charge in [-0.05, 0) is 37.8 Å². The first-order chi connectivity index (χ1) is 11.6. The first-order valence-corrected chi connectivity index (χ1v) is 13.3. The fourth-order valence-electron chi connectivity index (χ4n) is 2.88. The van der Waals surface area contributed by atoms with Gasteiger partial charge in [0.1, 0.15) is 0 Å². The van der Waals surface area contributed by atoms with Crippen LogP contribution in [0.4, 0.5) is 0 Å². The van der Waals surface area contributed by atoms with Crippen LogP contribution in [0.3, 0.4) is 0 Å². The van der Waals surface area contributed by atoms with Gasteiger partial charge in [0.2, 0.25) is 0 Å². The standard InChI is InChI=1S/C18H37NO3SSi/c1-4-6-7-8-9-11-18(20)23-14-10-15-24(3)21-13-12-17(5-2)16-19-22-24/h17,19H,4-16H2,1-3H3. The molecule has 0 spiro atoms. The second kappa shape index (κ2) is 13.3. The van der Waals surface area contributed by atoms with Crippen LogP contribution in [-0.4, -0.2) is 32.6 Å². The highest BCUT2D eigenvalue weighted by atomic mass is 32.2. The number of unbranched alkanes of at least 4 members (excludes halogenated alkanes) is 4. The van der Waals surface area contributed by atoms with E-state index < -0.39 is 8.56 Å². The van der Waals surface area contributed by atoms with Gasteiger partial charge in [-0.1, -0.05) is 57.7 Å². The van der Waals surface area contributed by atoms with E-state index in [2.05, 4.69) is 25.9 Å². The Hall–Kier alpha value is 0.117. The topological polar surface area (TPSA) is 47.6 Å². The number of thioether (sulfide) groups is 1. The van der Waals surface area contributed by atoms with E-state index in [1.54, 1.807) is 0 Å². The maximum Gasteiger partial charge on any atom is 0.355 e. The monoisotopic (exact) mass is 375 g/mol. The number of carbonyl (C=O) groups is 1. The van der Waals surface area contributed by atoms with Crippen LogP contribution >= 0.6 is 11.8 Å². The molecule has 0 saturated carbocycles. The molecule has 4 nitrogen and oxygen atoms in total. The van der Waals surface area contributed by atoms with Gasteiger partial charge < -0.3 is 8.95 Å². The van der Waals surface area contributed by atoms with Crippen molar-refractivity contribution < 1.29 is 13.7 Å². The summed E-state index contributed by atoms with van der Waals surface area (Å²) in [5, 5.41) is 0.349. The van der Waals surface area contributed by atoms with Crippen molar-refractivity contribution in [1.82, 2.24) is 5.48 Å². The van der Waals surface area contributed by atoms with Crippen molar-refractivity contribution in [2.75, 3.05) is 18.9 Å². The Bertz CT molecular complexity index is 334. The molecule has 6 heteroatoms. The second-order valence-electron chi connectivity index (χ2n) is 6.98. The van der Waals surface area contributed by atoms with E-state index in [1.165, 1.54) is 37.4 Å². The van der Waals surface area contributed by atoms with E-state index in [0.717, 1.165) is 57.1 Å². The predicted octanol–water partition coefficient (Wildman–Crippen LogP) is 5.04. The minimum Gasteiger partial charge on any atom is -0.394 e. The largest absolute Gasteiger partial charge is 0.394 e. The molecule has 1 saturated heterocycles. The van der Waals surface area contributed by atoms with Crippen molar-refractivity contribution in [1.29, 1.82) is 0 Å². The molecule has 1 rings (SSSR count). The summed E-state index contributed by atoms with van der Waals surface area (Å²) in [6, 6.07) is 0.952. The number of hydrogen-bond acceptors (Lipinski definition) is 5. The van der Waals surface area contributed by atoms with Crippen molar-refractivity contribution >= 4 is 25.4 Å². The summed E-state index contributed by atoms with van der Waals surface area (Å²) < 4.78 is 12.0. The highest BCUT2D eigenvalue weighted by Crippen LogP contribution is 2.21. The van der Waals surface area contributed by atoms with Crippen LogP contribution < -0.4 is 5.48 Å². The maximum atomic E-state index is 11.9. The molecule has 2 unspecified atom stereocenters. The Morgan fingerprint density at radius 2 is 2.00 bits per heavy atom. The average Bonchev–Trinajstić information content (AvgIpc) is 2.55. The number of hydrogen-bond donors (Lipinski definition) is 1. The van der Waals surface area contributed by atoms with Crippen LogP contribution in [0.1, 0.15) is 71.6 Å². The Labute approximate surface area is 154 Å². The zero-order valence-corrected chi connectivity index (χ0v) is 17.7. The van der Waals surface area contributed by atoms with E-state index in [-0.39, 0.29) is 0 Å². The molecule has 1 N–H and O–H groups in total. The Balaban J connectivity index is 2.09. The molecule has 0 amide bonds. The lowest BCUT2D eigenvalue weighted by Gasteiger charge is -2.31. The molecule has 1 heterocycles. The van der Waals surface area contributed by atoms with Gasteiger partial charge in [-0.15, -0.1) is 0 Å². The van der Waals surface area contributed by atoms with Crippen LogP contribution in [0.2, 0.25) is 12.6 Å². The van der Waals surface area contributed by atoms with Crippen molar-refractivity contribution in [2.45, 2.75) is 84.2 Å². The lowest BCUT2D eigenvalue weighted by Crippen LogP contribution is -2.47. The summed E-state index contributed by atoms with van der Waals surface area (Å²) in [7, 11) is -2.11. The molecule has 0 aromatic rings. The van der Waals surface area contributed by atoms with Crippen molar-refractivity contribution in [3.05, 3.63) is 0 Å². The van der Waals surface area contributed by atoms with Crippen LogP contribution in [0.15, 0.2) is 0 Å². The summed E-state index contributed by atoms with van der Waals surface area (Å²) >= 11 is 1.49. The molecule has 2 atom stereocenters. The second-order valence-corrected chi connectivity index (χ2v) is 11.4. The Morgan fingerprint density at radius 3 is 2.75 bits per heavy atom. The van der Waals surface area contributed by atoms with E-state index in [0.29, 0.717) is 11.0 Å². The van der Waals surface area contributed by atoms with Crippen LogP contribution in [0, 0.1) is 5.92 Å². The van der Waals surface area contributed by atoms with Gasteiger partial charge in [0.15, 0.2) is 5.12 Å². The molecule has 0 aromatic carbocycles. The highest BCUT2D eigenvalue weighted by molar-refractivity contribution is 8.13.